The molecule has 3 heteroatoms. The van der Waals surface area contributed by atoms with E-state index in [0.717, 1.165) is 17.5 Å². The van der Waals surface area contributed by atoms with Crippen molar-refractivity contribution in [2.24, 2.45) is 3.21 Å². The Hall–Kier alpha value is -1.10. The topological polar surface area (TPSA) is 32.6 Å². The third-order valence-electron chi connectivity index (χ3n) is 1.57. The third-order valence-corrected chi connectivity index (χ3v) is 2.19. The first-order valence-electron chi connectivity index (χ1n) is 4.37. The lowest BCUT2D eigenvalue weighted by Crippen LogP contribution is -1.92. The molecule has 2 nitrogen and oxygen atoms in total. The van der Waals surface area contributed by atoms with Crippen LogP contribution < -0.4 is 0 Å². The lowest BCUT2D eigenvalue weighted by Gasteiger charge is -1.99. The Morgan fingerprint density at radius 2 is 2.07 bits per heavy atom. The van der Waals surface area contributed by atoms with Gasteiger partial charge in [0.1, 0.15) is 0 Å². The van der Waals surface area contributed by atoms with Crippen LogP contribution in [0, 0.1) is 0 Å². The van der Waals surface area contributed by atoms with Crippen molar-refractivity contribution in [1.29, 1.82) is 0 Å². The van der Waals surface area contributed by atoms with E-state index in [1.54, 1.807) is 18.2 Å². The molecule has 0 saturated heterocycles. The monoisotopic (exact) mass is 315 g/mol. The lowest BCUT2D eigenvalue weighted by molar-refractivity contribution is 0.473. The first kappa shape index (κ1) is 13.9. The second-order valence-corrected chi connectivity index (χ2v) is 3.12. The molecule has 0 saturated carbocycles. The molecule has 0 unspecified atom stereocenters. The zero-order valence-corrected chi connectivity index (χ0v) is 10.6. The summed E-state index contributed by atoms with van der Waals surface area (Å²) in [5.41, 5.74) is 1.91. The van der Waals surface area contributed by atoms with Gasteiger partial charge in [0.25, 0.3) is 0 Å². The van der Waals surface area contributed by atoms with Crippen LogP contribution in [0.3, 0.4) is 0 Å². The number of halogens is 1. The van der Waals surface area contributed by atoms with Crippen LogP contribution in [-0.2, 0) is 0 Å². The van der Waals surface area contributed by atoms with E-state index in [1.165, 1.54) is 0 Å². The van der Waals surface area contributed by atoms with Crippen LogP contribution >= 0.6 is 22.9 Å². The Morgan fingerprint density at radius 1 is 1.33 bits per heavy atom. The fourth-order valence-corrected chi connectivity index (χ4v) is 1.24. The highest BCUT2D eigenvalue weighted by atomic mass is 127. The van der Waals surface area contributed by atoms with Gasteiger partial charge in [0.2, 0.25) is 0 Å². The minimum absolute atomic E-state index is 0.682. The van der Waals surface area contributed by atoms with Gasteiger partial charge in [-0.05, 0) is 17.7 Å². The van der Waals surface area contributed by atoms with Crippen molar-refractivity contribution >= 4 is 28.6 Å². The normalized spacial score (nSPS) is 13.7. The maximum Gasteiger partial charge on any atom is 0.0834 e. The van der Waals surface area contributed by atoms with Gasteiger partial charge in [-0.25, -0.2) is 3.21 Å². The minimum Gasteiger partial charge on any atom is -0.516 e. The second-order valence-electron chi connectivity index (χ2n) is 2.63. The van der Waals surface area contributed by atoms with Crippen molar-refractivity contribution in [3.8, 4) is 0 Å². The molecule has 0 atom stereocenters. The van der Waals surface area contributed by atoms with Gasteiger partial charge in [-0.15, -0.1) is 0 Å². The molecule has 0 bridgehead atoms. The number of aliphatic hydroxyl groups is 1. The molecule has 1 N–H and O–H groups in total. The Labute approximate surface area is 105 Å². The molecule has 0 fully saturated rings. The van der Waals surface area contributed by atoms with Gasteiger partial charge in [0.05, 0.1) is 34.8 Å². The average Bonchev–Trinajstić information content (AvgIpc) is 2.28. The highest BCUT2D eigenvalue weighted by Crippen LogP contribution is 2.08. The minimum atomic E-state index is 0.682. The van der Waals surface area contributed by atoms with Crippen LogP contribution in [0.1, 0.15) is 6.42 Å². The summed E-state index contributed by atoms with van der Waals surface area (Å²) >= 11 is 1.94. The molecular formula is C12H14INO. The summed E-state index contributed by atoms with van der Waals surface area (Å²) in [4.78, 5) is 0. The highest BCUT2D eigenvalue weighted by molar-refractivity contribution is 14.1. The first-order chi connectivity index (χ1) is 7.28. The largest absolute Gasteiger partial charge is 0.516 e. The highest BCUT2D eigenvalue weighted by Gasteiger charge is 1.96. The third kappa shape index (κ3) is 6.90. The number of aliphatic hydroxyl groups excluding tert-OH is 1. The lowest BCUT2D eigenvalue weighted by atomic mass is 10.1. The summed E-state index contributed by atoms with van der Waals surface area (Å²) in [7, 11) is 0. The molecule has 0 heterocycles. The van der Waals surface area contributed by atoms with Crippen LogP contribution in [0.15, 0.2) is 64.7 Å². The molecule has 0 aliphatic carbocycles. The summed E-state index contributed by atoms with van der Waals surface area (Å²) in [6.45, 7) is 7.27. The number of hydrogen-bond donors (Lipinski definition) is 1. The van der Waals surface area contributed by atoms with E-state index in [4.69, 9.17) is 5.11 Å². The molecule has 0 aliphatic heterocycles. The fourth-order valence-electron chi connectivity index (χ4n) is 0.877. The summed E-state index contributed by atoms with van der Waals surface area (Å²) < 4.78 is 4.04. The van der Waals surface area contributed by atoms with Crippen LogP contribution in [0.4, 0.5) is 0 Å². The molecule has 0 rings (SSSR count). The van der Waals surface area contributed by atoms with Crippen LogP contribution in [0.25, 0.3) is 0 Å². The Balaban J connectivity index is 4.71. The molecular weight excluding hydrogens is 301 g/mol. The van der Waals surface area contributed by atoms with E-state index in [-0.39, 0.29) is 0 Å². The zero-order valence-electron chi connectivity index (χ0n) is 8.44. The average molecular weight is 315 g/mol. The van der Waals surface area contributed by atoms with Gasteiger partial charge < -0.3 is 5.11 Å². The van der Waals surface area contributed by atoms with E-state index in [9.17, 15) is 0 Å². The Bertz CT molecular complexity index is 325. The molecule has 15 heavy (non-hydrogen) atoms. The van der Waals surface area contributed by atoms with E-state index in [2.05, 4.69) is 16.4 Å². The Kier molecular flexibility index (Phi) is 8.76. The SMILES string of the molecule is C=C\C=C/C(=C\C=C/O)CC(C=C)=NI. The van der Waals surface area contributed by atoms with E-state index < -0.39 is 0 Å². The Morgan fingerprint density at radius 3 is 2.53 bits per heavy atom. The zero-order chi connectivity index (χ0) is 11.5. The molecule has 0 aromatic carbocycles. The number of nitrogens with zero attached hydrogens (tertiary/aromatic N) is 1. The molecule has 0 radical (unpaired) electrons. The standard InChI is InChI=1S/C12H14INO/c1-3-5-7-11(8-6-9-15)10-12(4-2)14-13/h3-9,15H,1-2,10H2/b7-5-,9-6-,11-8+,14-12?. The fraction of sp³-hybridized carbons (Fsp3) is 0.0833. The summed E-state index contributed by atoms with van der Waals surface area (Å²) in [6.07, 6.45) is 12.2. The number of allylic oxidation sites excluding steroid dienone is 7. The van der Waals surface area contributed by atoms with E-state index in [0.29, 0.717) is 6.42 Å². The smallest absolute Gasteiger partial charge is 0.0834 e. The van der Waals surface area contributed by atoms with E-state index in [1.807, 2.05) is 41.1 Å². The second kappa shape index (κ2) is 9.45. The van der Waals surface area contributed by atoms with Crippen molar-refractivity contribution in [2.45, 2.75) is 6.42 Å². The van der Waals surface area contributed by atoms with Crippen molar-refractivity contribution in [1.82, 2.24) is 0 Å². The summed E-state index contributed by atoms with van der Waals surface area (Å²) in [5.74, 6) is 0. The van der Waals surface area contributed by atoms with Crippen molar-refractivity contribution in [2.75, 3.05) is 0 Å². The molecule has 0 aromatic heterocycles. The van der Waals surface area contributed by atoms with Crippen molar-refractivity contribution < 1.29 is 5.11 Å². The van der Waals surface area contributed by atoms with Crippen molar-refractivity contribution in [3.05, 3.63) is 61.4 Å². The molecule has 0 aliphatic rings. The predicted octanol–water partition coefficient (Wildman–Crippen LogP) is 4.09. The van der Waals surface area contributed by atoms with Gasteiger partial charge in [0, 0.05) is 6.42 Å². The molecule has 0 spiro atoms. The van der Waals surface area contributed by atoms with Gasteiger partial charge >= 0.3 is 0 Å². The van der Waals surface area contributed by atoms with Gasteiger partial charge in [-0.1, -0.05) is 37.5 Å². The molecule has 80 valence electrons. The maximum atomic E-state index is 8.57. The predicted molar refractivity (Wildman–Crippen MR) is 75.5 cm³/mol. The van der Waals surface area contributed by atoms with Crippen LogP contribution in [0.2, 0.25) is 0 Å². The molecule has 0 aromatic rings. The summed E-state index contributed by atoms with van der Waals surface area (Å²) in [6, 6.07) is 0. The van der Waals surface area contributed by atoms with Gasteiger partial charge in [-0.3, -0.25) is 0 Å². The first-order valence-corrected chi connectivity index (χ1v) is 5.34. The van der Waals surface area contributed by atoms with Gasteiger partial charge in [-0.2, -0.15) is 0 Å². The van der Waals surface area contributed by atoms with Crippen LogP contribution in [-0.4, -0.2) is 10.8 Å². The maximum absolute atomic E-state index is 8.57. The number of hydrogen-bond acceptors (Lipinski definition) is 2. The quantitative estimate of drug-likeness (QED) is 0.340. The number of rotatable bonds is 6. The van der Waals surface area contributed by atoms with Gasteiger partial charge in [0.15, 0.2) is 0 Å². The molecule has 0 amide bonds. The van der Waals surface area contributed by atoms with E-state index >= 15 is 0 Å². The van der Waals surface area contributed by atoms with Crippen LogP contribution in [0.5, 0.6) is 0 Å². The van der Waals surface area contributed by atoms with Crippen molar-refractivity contribution in [3.63, 3.8) is 0 Å². The summed E-state index contributed by atoms with van der Waals surface area (Å²) in [5, 5.41) is 8.57.